The maximum Gasteiger partial charge on any atom is 0.243 e. The standard InChI is InChI=1S/C21H29N5O3S/c1-16-12-17(2)21(18(3)13-16)30(27,28)26-6-4-25(5-7-26)20-14-19(15-22-23-20)24-8-10-29-11-9-24/h12-15H,4-11H2,1-3H3. The Morgan fingerprint density at radius 3 is 2.13 bits per heavy atom. The zero-order valence-corrected chi connectivity index (χ0v) is 18.7. The number of nitrogens with zero attached hydrogens (tertiary/aromatic N) is 5. The van der Waals surface area contributed by atoms with Gasteiger partial charge in [-0.2, -0.15) is 9.40 Å². The first-order valence-corrected chi connectivity index (χ1v) is 11.8. The summed E-state index contributed by atoms with van der Waals surface area (Å²) in [6.07, 6.45) is 1.78. The van der Waals surface area contributed by atoms with E-state index in [4.69, 9.17) is 4.74 Å². The van der Waals surface area contributed by atoms with Crippen LogP contribution in [0.3, 0.4) is 0 Å². The highest BCUT2D eigenvalue weighted by atomic mass is 32.2. The first-order chi connectivity index (χ1) is 14.4. The quantitative estimate of drug-likeness (QED) is 0.730. The molecule has 0 saturated carbocycles. The molecule has 9 heteroatoms. The Labute approximate surface area is 178 Å². The van der Waals surface area contributed by atoms with Crippen LogP contribution in [0.4, 0.5) is 11.5 Å². The van der Waals surface area contributed by atoms with Crippen LogP contribution in [0.1, 0.15) is 16.7 Å². The lowest BCUT2D eigenvalue weighted by Crippen LogP contribution is -2.49. The van der Waals surface area contributed by atoms with Gasteiger partial charge in [-0.25, -0.2) is 8.42 Å². The van der Waals surface area contributed by atoms with E-state index in [1.807, 2.05) is 39.0 Å². The molecule has 2 aromatic rings. The van der Waals surface area contributed by atoms with Crippen LogP contribution in [0.25, 0.3) is 0 Å². The topological polar surface area (TPSA) is 78.9 Å². The zero-order valence-electron chi connectivity index (χ0n) is 17.8. The highest BCUT2D eigenvalue weighted by Gasteiger charge is 2.31. The van der Waals surface area contributed by atoms with E-state index in [-0.39, 0.29) is 0 Å². The summed E-state index contributed by atoms with van der Waals surface area (Å²) in [5, 5.41) is 8.47. The first kappa shape index (κ1) is 21.0. The van der Waals surface area contributed by atoms with Gasteiger partial charge in [-0.1, -0.05) is 17.7 Å². The van der Waals surface area contributed by atoms with Gasteiger partial charge in [-0.15, -0.1) is 5.10 Å². The molecule has 0 atom stereocenters. The van der Waals surface area contributed by atoms with E-state index in [0.29, 0.717) is 44.3 Å². The van der Waals surface area contributed by atoms with E-state index >= 15 is 0 Å². The third-order valence-electron chi connectivity index (χ3n) is 5.77. The molecule has 2 aliphatic heterocycles. The molecule has 4 rings (SSSR count). The minimum Gasteiger partial charge on any atom is -0.378 e. The molecule has 0 spiro atoms. The molecule has 0 unspecified atom stereocenters. The number of piperazine rings is 1. The molecule has 2 fully saturated rings. The van der Waals surface area contributed by atoms with E-state index < -0.39 is 10.0 Å². The molecule has 2 saturated heterocycles. The van der Waals surface area contributed by atoms with Crippen molar-refractivity contribution in [2.45, 2.75) is 25.7 Å². The van der Waals surface area contributed by atoms with E-state index in [1.165, 1.54) is 0 Å². The number of benzene rings is 1. The third-order valence-corrected chi connectivity index (χ3v) is 7.97. The molecule has 8 nitrogen and oxygen atoms in total. The molecular weight excluding hydrogens is 402 g/mol. The number of sulfonamides is 1. The first-order valence-electron chi connectivity index (χ1n) is 10.3. The predicted octanol–water partition coefficient (Wildman–Crippen LogP) is 1.75. The third kappa shape index (κ3) is 4.14. The second-order valence-corrected chi connectivity index (χ2v) is 9.87. The fourth-order valence-electron chi connectivity index (χ4n) is 4.35. The van der Waals surface area contributed by atoms with Crippen LogP contribution < -0.4 is 9.80 Å². The summed E-state index contributed by atoms with van der Waals surface area (Å²) >= 11 is 0. The van der Waals surface area contributed by atoms with Crippen LogP contribution in [0.5, 0.6) is 0 Å². The van der Waals surface area contributed by atoms with Crippen LogP contribution in [-0.2, 0) is 14.8 Å². The second-order valence-electron chi connectivity index (χ2n) is 7.99. The average molecular weight is 432 g/mol. The van der Waals surface area contributed by atoms with Crippen LogP contribution in [0, 0.1) is 20.8 Å². The molecule has 2 aliphatic rings. The minimum absolute atomic E-state index is 0.429. The lowest BCUT2D eigenvalue weighted by atomic mass is 10.1. The van der Waals surface area contributed by atoms with Gasteiger partial charge in [-0.3, -0.25) is 0 Å². The number of aromatic nitrogens is 2. The van der Waals surface area contributed by atoms with Crippen molar-refractivity contribution in [2.75, 3.05) is 62.3 Å². The van der Waals surface area contributed by atoms with Crippen LogP contribution >= 0.6 is 0 Å². The number of ether oxygens (including phenoxy) is 1. The highest BCUT2D eigenvalue weighted by Crippen LogP contribution is 2.27. The Bertz CT molecular complexity index is 990. The number of rotatable bonds is 4. The number of hydrogen-bond donors (Lipinski definition) is 0. The van der Waals surface area contributed by atoms with Crippen LogP contribution in [0.15, 0.2) is 29.3 Å². The van der Waals surface area contributed by atoms with E-state index in [1.54, 1.807) is 10.5 Å². The summed E-state index contributed by atoms with van der Waals surface area (Å²) < 4.78 is 33.6. The fraction of sp³-hybridized carbons (Fsp3) is 0.524. The SMILES string of the molecule is Cc1cc(C)c(S(=O)(=O)N2CCN(c3cc(N4CCOCC4)cnn3)CC2)c(C)c1. The van der Waals surface area contributed by atoms with Crippen molar-refractivity contribution in [3.05, 3.63) is 41.1 Å². The maximum absolute atomic E-state index is 13.3. The Morgan fingerprint density at radius 1 is 0.867 bits per heavy atom. The molecule has 30 heavy (non-hydrogen) atoms. The van der Waals surface area contributed by atoms with Gasteiger partial charge in [0.05, 0.1) is 30.0 Å². The predicted molar refractivity (Wildman–Crippen MR) is 117 cm³/mol. The molecule has 0 radical (unpaired) electrons. The number of morpholine rings is 1. The van der Waals surface area contributed by atoms with Gasteiger partial charge < -0.3 is 14.5 Å². The van der Waals surface area contributed by atoms with Gasteiger partial charge in [-0.05, 0) is 31.9 Å². The lowest BCUT2D eigenvalue weighted by Gasteiger charge is -2.35. The molecule has 0 N–H and O–H groups in total. The molecule has 1 aromatic carbocycles. The lowest BCUT2D eigenvalue weighted by molar-refractivity contribution is 0.122. The number of anilines is 2. The summed E-state index contributed by atoms with van der Waals surface area (Å²) in [6.45, 7) is 10.9. The second kappa shape index (κ2) is 8.49. The van der Waals surface area contributed by atoms with Crippen molar-refractivity contribution in [3.8, 4) is 0 Å². The van der Waals surface area contributed by atoms with Gasteiger partial charge in [0, 0.05) is 45.3 Å². The van der Waals surface area contributed by atoms with Crippen molar-refractivity contribution in [2.24, 2.45) is 0 Å². The maximum atomic E-state index is 13.3. The molecule has 0 bridgehead atoms. The van der Waals surface area contributed by atoms with Crippen LogP contribution in [-0.4, -0.2) is 75.4 Å². The van der Waals surface area contributed by atoms with Gasteiger partial charge in [0.2, 0.25) is 10.0 Å². The van der Waals surface area contributed by atoms with E-state index in [0.717, 1.165) is 41.3 Å². The normalized spacial score (nSPS) is 18.6. The molecule has 1 aromatic heterocycles. The Hall–Kier alpha value is -2.23. The fourth-order valence-corrected chi connectivity index (χ4v) is 6.19. The van der Waals surface area contributed by atoms with Gasteiger partial charge in [0.1, 0.15) is 0 Å². The summed E-state index contributed by atoms with van der Waals surface area (Å²) in [5.74, 6) is 0.790. The Balaban J connectivity index is 1.48. The summed E-state index contributed by atoms with van der Waals surface area (Å²) in [5.41, 5.74) is 3.72. The number of hydrogen-bond acceptors (Lipinski definition) is 7. The van der Waals surface area contributed by atoms with Gasteiger partial charge in [0.25, 0.3) is 0 Å². The number of aryl methyl sites for hydroxylation is 3. The summed E-state index contributed by atoms with van der Waals surface area (Å²) in [7, 11) is -3.52. The van der Waals surface area contributed by atoms with Crippen molar-refractivity contribution >= 4 is 21.5 Å². The highest BCUT2D eigenvalue weighted by molar-refractivity contribution is 7.89. The largest absolute Gasteiger partial charge is 0.378 e. The summed E-state index contributed by atoms with van der Waals surface area (Å²) in [4.78, 5) is 4.79. The molecule has 0 amide bonds. The smallest absolute Gasteiger partial charge is 0.243 e. The van der Waals surface area contributed by atoms with E-state index in [9.17, 15) is 8.42 Å². The Morgan fingerprint density at radius 2 is 1.50 bits per heavy atom. The van der Waals surface area contributed by atoms with Crippen molar-refractivity contribution < 1.29 is 13.2 Å². The van der Waals surface area contributed by atoms with Gasteiger partial charge >= 0.3 is 0 Å². The van der Waals surface area contributed by atoms with Crippen LogP contribution in [0.2, 0.25) is 0 Å². The average Bonchev–Trinajstić information content (AvgIpc) is 2.74. The monoisotopic (exact) mass is 431 g/mol. The van der Waals surface area contributed by atoms with E-state index in [2.05, 4.69) is 20.0 Å². The van der Waals surface area contributed by atoms with Crippen molar-refractivity contribution in [1.82, 2.24) is 14.5 Å². The molecule has 162 valence electrons. The van der Waals surface area contributed by atoms with Crippen molar-refractivity contribution in [3.63, 3.8) is 0 Å². The van der Waals surface area contributed by atoms with Gasteiger partial charge in [0.15, 0.2) is 5.82 Å². The summed E-state index contributed by atoms with van der Waals surface area (Å²) in [6, 6.07) is 5.91. The Kier molecular flexibility index (Phi) is 5.95. The minimum atomic E-state index is -3.52. The molecular formula is C21H29N5O3S. The molecule has 0 aliphatic carbocycles. The van der Waals surface area contributed by atoms with Crippen molar-refractivity contribution in [1.29, 1.82) is 0 Å². The zero-order chi connectivity index (χ0) is 21.3. The molecule has 3 heterocycles.